The number of carboxylic acids is 1. The first-order chi connectivity index (χ1) is 7.00. The summed E-state index contributed by atoms with van der Waals surface area (Å²) in [5.74, 6) is 0.528. The van der Waals surface area contributed by atoms with Gasteiger partial charge in [0.25, 0.3) is 0 Å². The number of unbranched alkanes of at least 4 members (excludes halogenated alkanes) is 3. The molecule has 0 amide bonds. The Morgan fingerprint density at radius 2 is 1.69 bits per heavy atom. The maximum absolute atomic E-state index is 9.96. The van der Waals surface area contributed by atoms with Crippen molar-refractivity contribution in [3.8, 4) is 0 Å². The van der Waals surface area contributed by atoms with Crippen molar-refractivity contribution in [1.82, 2.24) is 0 Å². The van der Waals surface area contributed by atoms with Gasteiger partial charge in [-0.1, -0.05) is 26.2 Å². The maximum Gasteiger partial charge on any atom is 1.00 e. The summed E-state index contributed by atoms with van der Waals surface area (Å²) in [7, 11) is 0. The van der Waals surface area contributed by atoms with Gasteiger partial charge in [-0.2, -0.15) is 20.8 Å². The molecule has 0 aromatic rings. The molecule has 3 nitrogen and oxygen atoms in total. The molecule has 0 spiro atoms. The third kappa shape index (κ3) is 36.9. The average molecular weight is 224 g/mol. The Morgan fingerprint density at radius 3 is 2.06 bits per heavy atom. The van der Waals surface area contributed by atoms with Crippen LogP contribution in [0.25, 0.3) is 0 Å². The number of rotatable bonds is 7. The van der Waals surface area contributed by atoms with Crippen LogP contribution in [0.15, 0.2) is 0 Å². The molecule has 0 bridgehead atoms. The molecule has 0 unspecified atom stereocenters. The molecule has 4 heteroatoms. The molecule has 0 aromatic heterocycles. The molecular weight excluding hydrogens is 199 g/mol. The second-order valence-electron chi connectivity index (χ2n) is 4.01. The topological polar surface area (TPSA) is 46.5 Å². The zero-order valence-corrected chi connectivity index (χ0v) is 11.5. The van der Waals surface area contributed by atoms with Gasteiger partial charge in [-0.25, -0.2) is 4.79 Å². The first kappa shape index (κ1) is 21.3. The Bertz CT molecular complexity index is 135. The van der Waals surface area contributed by atoms with Crippen molar-refractivity contribution in [2.45, 2.75) is 53.4 Å². The molecule has 92 valence electrons. The van der Waals surface area contributed by atoms with E-state index in [0.29, 0.717) is 6.61 Å². The number of carboxylic acid groups (broad SMARTS) is 1. The van der Waals surface area contributed by atoms with Crippen LogP contribution in [0.3, 0.4) is 0 Å². The Hall–Kier alpha value is 0.0274. The second kappa shape index (κ2) is 17.4. The summed E-state index contributed by atoms with van der Waals surface area (Å²) in [6.07, 6.45) is 4.51. The molecule has 0 aliphatic heterocycles. The summed E-state index contributed by atoms with van der Waals surface area (Å²) in [6.45, 7) is 8.80. The van der Waals surface area contributed by atoms with Gasteiger partial charge in [-0.3, -0.25) is 0 Å². The van der Waals surface area contributed by atoms with Crippen LogP contribution in [0.4, 0.5) is 0 Å². The van der Waals surface area contributed by atoms with Gasteiger partial charge in [-0.05, 0) is 6.42 Å². The molecule has 0 saturated carbocycles. The minimum absolute atomic E-state index is 0. The summed E-state index contributed by atoms with van der Waals surface area (Å²) in [4.78, 5) is 9.96. The fraction of sp³-hybridized carbons (Fsp3) is 0.833. The normalized spacial score (nSPS) is 9.06. The monoisotopic (exact) mass is 224 g/mol. The van der Waals surface area contributed by atoms with Gasteiger partial charge < -0.3 is 15.8 Å². The van der Waals surface area contributed by atoms with Crippen molar-refractivity contribution in [2.75, 3.05) is 13.2 Å². The molecule has 0 aliphatic carbocycles. The third-order valence-corrected chi connectivity index (χ3v) is 1.37. The van der Waals surface area contributed by atoms with E-state index in [1.807, 2.05) is 0 Å². The molecule has 0 rings (SSSR count). The van der Waals surface area contributed by atoms with E-state index in [0.717, 1.165) is 12.8 Å². The number of aliphatic carboxylic acids is 1. The van der Waals surface area contributed by atoms with Gasteiger partial charge in [-0.15, -0.1) is 0 Å². The van der Waals surface area contributed by atoms with Crippen molar-refractivity contribution >= 4 is 5.97 Å². The molecule has 0 atom stereocenters. The van der Waals surface area contributed by atoms with Gasteiger partial charge in [0.1, 0.15) is 6.61 Å². The van der Waals surface area contributed by atoms with Crippen molar-refractivity contribution in [3.63, 3.8) is 0 Å². The molecule has 0 radical (unpaired) electrons. The quantitative estimate of drug-likeness (QED) is 0.384. The molecule has 0 aromatic carbocycles. The van der Waals surface area contributed by atoms with E-state index >= 15 is 0 Å². The van der Waals surface area contributed by atoms with E-state index in [1.165, 1.54) is 18.8 Å². The molecule has 16 heavy (non-hydrogen) atoms. The standard InChI is InChI=1S/C8H16O3.C4H9.Li/c1-2-3-4-5-6-11-7-8(9)10;1-4(2)3;/h2-7H2,1H3,(H,9,10);1-3H3;/q;-1;+1. The molecule has 0 fully saturated rings. The fourth-order valence-electron chi connectivity index (χ4n) is 0.790. The Labute approximate surface area is 112 Å². The summed E-state index contributed by atoms with van der Waals surface area (Å²) in [5.41, 5.74) is 0. The van der Waals surface area contributed by atoms with Gasteiger partial charge in [0.15, 0.2) is 0 Å². The number of ether oxygens (including phenoxy) is 1. The molecular formula is C12H25LiO3. The summed E-state index contributed by atoms with van der Waals surface area (Å²) in [5, 5.41) is 8.19. The van der Waals surface area contributed by atoms with Crippen molar-refractivity contribution < 1.29 is 33.5 Å². The second-order valence-corrected chi connectivity index (χ2v) is 4.01. The van der Waals surface area contributed by atoms with E-state index < -0.39 is 5.97 Å². The van der Waals surface area contributed by atoms with Crippen LogP contribution < -0.4 is 18.9 Å². The predicted molar refractivity (Wildman–Crippen MR) is 62.9 cm³/mol. The van der Waals surface area contributed by atoms with E-state index in [-0.39, 0.29) is 25.5 Å². The van der Waals surface area contributed by atoms with Crippen LogP contribution in [0.1, 0.15) is 53.4 Å². The van der Waals surface area contributed by atoms with Crippen LogP contribution in [0.2, 0.25) is 0 Å². The first-order valence-corrected chi connectivity index (χ1v) is 5.57. The number of carbonyl (C=O) groups is 1. The minimum Gasteiger partial charge on any atom is -0.480 e. The SMILES string of the molecule is CCCCCCOCC(=O)O.C[C-](C)C.[Li+]. The molecule has 0 saturated heterocycles. The van der Waals surface area contributed by atoms with Gasteiger partial charge in [0.05, 0.1) is 0 Å². The Morgan fingerprint density at radius 1 is 1.19 bits per heavy atom. The van der Waals surface area contributed by atoms with Crippen molar-refractivity contribution in [2.24, 2.45) is 0 Å². The van der Waals surface area contributed by atoms with E-state index in [1.54, 1.807) is 0 Å². The summed E-state index contributed by atoms with van der Waals surface area (Å²) in [6, 6.07) is 0. The Kier molecular flexibility index (Phi) is 23.2. The fourth-order valence-corrected chi connectivity index (χ4v) is 0.790. The van der Waals surface area contributed by atoms with Crippen LogP contribution in [-0.4, -0.2) is 24.3 Å². The Balaban J connectivity index is -0.000000292. The molecule has 1 N–H and O–H groups in total. The first-order valence-electron chi connectivity index (χ1n) is 5.57. The minimum atomic E-state index is -0.888. The van der Waals surface area contributed by atoms with E-state index in [4.69, 9.17) is 9.84 Å². The zero-order valence-electron chi connectivity index (χ0n) is 11.5. The molecule has 0 aliphatic rings. The largest absolute Gasteiger partial charge is 1.00 e. The zero-order chi connectivity index (χ0) is 12.1. The van der Waals surface area contributed by atoms with Crippen LogP contribution in [0, 0.1) is 5.92 Å². The van der Waals surface area contributed by atoms with Gasteiger partial charge >= 0.3 is 24.8 Å². The van der Waals surface area contributed by atoms with Gasteiger partial charge in [0.2, 0.25) is 0 Å². The summed E-state index contributed by atoms with van der Waals surface area (Å²) >= 11 is 0. The van der Waals surface area contributed by atoms with Crippen LogP contribution in [0.5, 0.6) is 0 Å². The predicted octanol–water partition coefficient (Wildman–Crippen LogP) is 0.292. The van der Waals surface area contributed by atoms with E-state index in [2.05, 4.69) is 27.7 Å². The maximum atomic E-state index is 9.96. The third-order valence-electron chi connectivity index (χ3n) is 1.37. The smallest absolute Gasteiger partial charge is 0.480 e. The van der Waals surface area contributed by atoms with Crippen molar-refractivity contribution in [1.29, 1.82) is 0 Å². The number of hydrogen-bond acceptors (Lipinski definition) is 2. The van der Waals surface area contributed by atoms with Crippen LogP contribution in [-0.2, 0) is 9.53 Å². The van der Waals surface area contributed by atoms with Crippen molar-refractivity contribution in [3.05, 3.63) is 5.92 Å². The van der Waals surface area contributed by atoms with E-state index in [9.17, 15) is 4.79 Å². The molecule has 0 heterocycles. The summed E-state index contributed by atoms with van der Waals surface area (Å²) < 4.78 is 4.84. The van der Waals surface area contributed by atoms with Gasteiger partial charge in [0, 0.05) is 6.61 Å². The van der Waals surface area contributed by atoms with Crippen LogP contribution >= 0.6 is 0 Å². The number of hydrogen-bond donors (Lipinski definition) is 1. The average Bonchev–Trinajstić information content (AvgIpc) is 2.09.